The molecule has 0 saturated carbocycles. The van der Waals surface area contributed by atoms with E-state index in [1.807, 2.05) is 0 Å². The number of nitrogens with two attached hydrogens (primary N) is 1. The first kappa shape index (κ1) is 17.3. The van der Waals surface area contributed by atoms with Gasteiger partial charge in [-0.2, -0.15) is 0 Å². The maximum atomic E-state index is 13.4. The molecule has 1 aromatic carbocycles. The quantitative estimate of drug-likeness (QED) is 0.679. The average Bonchev–Trinajstić information content (AvgIpc) is 2.52. The highest BCUT2D eigenvalue weighted by Crippen LogP contribution is 2.17. The molecule has 8 heteroatoms. The number of halogens is 2. The molecule has 1 saturated heterocycles. The first-order valence-corrected chi connectivity index (χ1v) is 7.31. The minimum atomic E-state index is -0.972. The number of carbonyl (C=O) groups is 2. The van der Waals surface area contributed by atoms with Crippen molar-refractivity contribution < 1.29 is 23.1 Å². The van der Waals surface area contributed by atoms with E-state index in [-0.39, 0.29) is 19.0 Å². The van der Waals surface area contributed by atoms with Gasteiger partial charge in [0.15, 0.2) is 0 Å². The van der Waals surface area contributed by atoms with E-state index < -0.39 is 28.6 Å². The van der Waals surface area contributed by atoms with E-state index in [4.69, 9.17) is 10.5 Å². The Morgan fingerprint density at radius 3 is 2.30 bits per heavy atom. The Labute approximate surface area is 132 Å². The van der Waals surface area contributed by atoms with Crippen LogP contribution in [-0.4, -0.2) is 43.7 Å². The Hall–Kier alpha value is -2.06. The van der Waals surface area contributed by atoms with Crippen molar-refractivity contribution in [2.45, 2.75) is 18.4 Å². The van der Waals surface area contributed by atoms with Crippen LogP contribution in [0.3, 0.4) is 0 Å². The molecule has 23 heavy (non-hydrogen) atoms. The van der Waals surface area contributed by atoms with Crippen LogP contribution >= 0.6 is 0 Å². The number of amides is 2. The summed E-state index contributed by atoms with van der Waals surface area (Å²) in [5, 5.41) is 4.96. The molecule has 126 valence electrons. The Bertz CT molecular complexity index is 569. The van der Waals surface area contributed by atoms with Crippen molar-refractivity contribution in [3.05, 3.63) is 35.4 Å². The summed E-state index contributed by atoms with van der Waals surface area (Å²) in [6.07, 6.45) is 0.845. The Balaban J connectivity index is 1.79. The van der Waals surface area contributed by atoms with Crippen LogP contribution in [0.4, 0.5) is 8.78 Å². The van der Waals surface area contributed by atoms with E-state index in [2.05, 4.69) is 10.6 Å². The van der Waals surface area contributed by atoms with Gasteiger partial charge in [0.2, 0.25) is 5.91 Å². The number of nitrogens with one attached hydrogen (secondary N) is 2. The van der Waals surface area contributed by atoms with Crippen molar-refractivity contribution in [2.24, 2.45) is 5.73 Å². The van der Waals surface area contributed by atoms with Gasteiger partial charge in [0.1, 0.15) is 17.2 Å². The number of benzene rings is 1. The minimum absolute atomic E-state index is 0.0327. The molecule has 4 N–H and O–H groups in total. The van der Waals surface area contributed by atoms with Crippen molar-refractivity contribution in [1.29, 1.82) is 0 Å². The zero-order chi connectivity index (χ0) is 16.9. The minimum Gasteiger partial charge on any atom is -0.381 e. The third-order valence-electron chi connectivity index (χ3n) is 3.72. The first-order valence-electron chi connectivity index (χ1n) is 7.31. The van der Waals surface area contributed by atoms with Crippen LogP contribution in [0.25, 0.3) is 0 Å². The number of ether oxygens (including phenoxy) is 1. The van der Waals surface area contributed by atoms with Gasteiger partial charge in [0, 0.05) is 26.3 Å². The van der Waals surface area contributed by atoms with E-state index in [9.17, 15) is 18.4 Å². The van der Waals surface area contributed by atoms with Crippen molar-refractivity contribution in [1.82, 2.24) is 10.6 Å². The maximum absolute atomic E-state index is 13.4. The van der Waals surface area contributed by atoms with Crippen LogP contribution in [0, 0.1) is 11.6 Å². The highest BCUT2D eigenvalue weighted by atomic mass is 19.1. The van der Waals surface area contributed by atoms with E-state index in [0.29, 0.717) is 26.1 Å². The molecular formula is C15H19F2N3O3. The van der Waals surface area contributed by atoms with Crippen LogP contribution in [-0.2, 0) is 9.53 Å². The van der Waals surface area contributed by atoms with Gasteiger partial charge in [0.05, 0.1) is 5.54 Å². The van der Waals surface area contributed by atoms with E-state index in [1.165, 1.54) is 6.07 Å². The summed E-state index contributed by atoms with van der Waals surface area (Å²) in [6, 6.07) is 3.18. The fourth-order valence-electron chi connectivity index (χ4n) is 2.29. The smallest absolute Gasteiger partial charge is 0.257 e. The fraction of sp³-hybridized carbons (Fsp3) is 0.467. The van der Waals surface area contributed by atoms with Crippen molar-refractivity contribution in [3.63, 3.8) is 0 Å². The molecule has 1 aliphatic heterocycles. The highest BCUT2D eigenvalue weighted by Gasteiger charge is 2.35. The van der Waals surface area contributed by atoms with Crippen molar-refractivity contribution in [2.75, 3.05) is 26.3 Å². The van der Waals surface area contributed by atoms with E-state index in [1.54, 1.807) is 0 Å². The van der Waals surface area contributed by atoms with Gasteiger partial charge in [-0.1, -0.05) is 6.07 Å². The van der Waals surface area contributed by atoms with E-state index in [0.717, 1.165) is 12.1 Å². The third-order valence-corrected chi connectivity index (χ3v) is 3.72. The molecule has 1 heterocycles. The number of rotatable bonds is 5. The topological polar surface area (TPSA) is 93.5 Å². The first-order chi connectivity index (χ1) is 10.9. The summed E-state index contributed by atoms with van der Waals surface area (Å²) in [6.45, 7) is 0.992. The molecular weight excluding hydrogens is 308 g/mol. The van der Waals surface area contributed by atoms with Gasteiger partial charge in [-0.15, -0.1) is 0 Å². The van der Waals surface area contributed by atoms with Crippen LogP contribution in [0.5, 0.6) is 0 Å². The lowest BCUT2D eigenvalue weighted by Crippen LogP contribution is -2.57. The molecule has 1 aromatic rings. The molecule has 6 nitrogen and oxygen atoms in total. The maximum Gasteiger partial charge on any atom is 0.257 e. The lowest BCUT2D eigenvalue weighted by Gasteiger charge is -2.31. The Morgan fingerprint density at radius 2 is 1.70 bits per heavy atom. The molecule has 0 unspecified atom stereocenters. The monoisotopic (exact) mass is 327 g/mol. The van der Waals surface area contributed by atoms with E-state index >= 15 is 0 Å². The predicted molar refractivity (Wildman–Crippen MR) is 78.7 cm³/mol. The van der Waals surface area contributed by atoms with Gasteiger partial charge in [0.25, 0.3) is 5.91 Å². The summed E-state index contributed by atoms with van der Waals surface area (Å²) in [5.41, 5.74) is 4.38. The second-order valence-corrected chi connectivity index (χ2v) is 5.38. The zero-order valence-electron chi connectivity index (χ0n) is 12.5. The number of hydrogen-bond donors (Lipinski definition) is 3. The summed E-state index contributed by atoms with van der Waals surface area (Å²) in [4.78, 5) is 23.8. The van der Waals surface area contributed by atoms with Crippen LogP contribution in [0.2, 0.25) is 0 Å². The fourth-order valence-corrected chi connectivity index (χ4v) is 2.29. The number of hydrogen-bond acceptors (Lipinski definition) is 4. The molecule has 2 amide bonds. The normalized spacial score (nSPS) is 16.7. The average molecular weight is 327 g/mol. The number of carbonyl (C=O) groups excluding carboxylic acids is 2. The van der Waals surface area contributed by atoms with Gasteiger partial charge < -0.3 is 21.1 Å². The van der Waals surface area contributed by atoms with Gasteiger partial charge >= 0.3 is 0 Å². The van der Waals surface area contributed by atoms with Crippen molar-refractivity contribution >= 4 is 11.8 Å². The third kappa shape index (κ3) is 4.23. The molecule has 1 aliphatic rings. The standard InChI is InChI=1S/C15H19F2N3O3/c16-10-2-1-3-11(17)12(10)13(21)19-6-7-20-14(22)15(18)4-8-23-9-5-15/h1-3H,4-9,18H2,(H,19,21)(H,20,22). The largest absolute Gasteiger partial charge is 0.381 e. The predicted octanol–water partition coefficient (Wildman–Crippen LogP) is 0.319. The molecule has 1 fully saturated rings. The molecule has 0 radical (unpaired) electrons. The summed E-state index contributed by atoms with van der Waals surface area (Å²) >= 11 is 0. The second-order valence-electron chi connectivity index (χ2n) is 5.38. The van der Waals surface area contributed by atoms with Gasteiger partial charge in [-0.3, -0.25) is 9.59 Å². The van der Waals surface area contributed by atoms with Gasteiger partial charge in [-0.25, -0.2) is 8.78 Å². The lowest BCUT2D eigenvalue weighted by atomic mass is 9.90. The summed E-state index contributed by atoms with van der Waals surface area (Å²) in [5.74, 6) is -3.07. The molecule has 0 atom stereocenters. The zero-order valence-corrected chi connectivity index (χ0v) is 12.5. The van der Waals surface area contributed by atoms with Crippen LogP contribution in [0.15, 0.2) is 18.2 Å². The molecule has 0 aliphatic carbocycles. The highest BCUT2D eigenvalue weighted by molar-refractivity contribution is 5.94. The lowest BCUT2D eigenvalue weighted by molar-refractivity contribution is -0.129. The Kier molecular flexibility index (Phi) is 5.62. The SMILES string of the molecule is NC1(C(=O)NCCNC(=O)c2c(F)cccc2F)CCOCC1. The molecule has 0 bridgehead atoms. The van der Waals surface area contributed by atoms with Crippen molar-refractivity contribution in [3.8, 4) is 0 Å². The summed E-state index contributed by atoms with van der Waals surface area (Å²) in [7, 11) is 0. The second kappa shape index (κ2) is 7.47. The van der Waals surface area contributed by atoms with Crippen LogP contribution < -0.4 is 16.4 Å². The van der Waals surface area contributed by atoms with Crippen LogP contribution in [0.1, 0.15) is 23.2 Å². The van der Waals surface area contributed by atoms with Gasteiger partial charge in [-0.05, 0) is 25.0 Å². The molecule has 0 aromatic heterocycles. The summed E-state index contributed by atoms with van der Waals surface area (Å²) < 4.78 is 32.0. The molecule has 2 rings (SSSR count). The molecule has 0 spiro atoms. The Morgan fingerprint density at radius 1 is 1.13 bits per heavy atom.